The Morgan fingerprint density at radius 1 is 1.09 bits per heavy atom. The number of benzene rings is 2. The molecular weight excluding hydrogens is 406 g/mol. The molecule has 2 aromatic carbocycles. The first-order valence-electron chi connectivity index (χ1n) is 5.91. The van der Waals surface area contributed by atoms with Gasteiger partial charge in [0, 0.05) is 0 Å². The molecule has 124 valence electrons. The Morgan fingerprint density at radius 3 is 2.35 bits per heavy atom. The van der Waals surface area contributed by atoms with Crippen molar-refractivity contribution in [2.45, 2.75) is 11.3 Å². The SMILES string of the molecule is O=S(=O)(Nc1ccc(Br)c(F)c1)c1ccccc1OC(F)(F)F. The lowest BCUT2D eigenvalue weighted by atomic mass is 10.3. The second kappa shape index (κ2) is 6.36. The molecular formula is C13H8BrF4NO3S. The molecule has 0 unspecified atom stereocenters. The minimum atomic E-state index is -5.05. The molecule has 0 aliphatic carbocycles. The fourth-order valence-electron chi connectivity index (χ4n) is 1.65. The van der Waals surface area contributed by atoms with Crippen molar-refractivity contribution < 1.29 is 30.7 Å². The van der Waals surface area contributed by atoms with Gasteiger partial charge in [-0.3, -0.25) is 4.72 Å². The first kappa shape index (κ1) is 17.5. The molecule has 0 amide bonds. The van der Waals surface area contributed by atoms with Crippen LogP contribution in [0, 0.1) is 5.82 Å². The summed E-state index contributed by atoms with van der Waals surface area (Å²) in [7, 11) is -4.40. The van der Waals surface area contributed by atoms with Crippen molar-refractivity contribution in [2.75, 3.05) is 4.72 Å². The van der Waals surface area contributed by atoms with Crippen LogP contribution in [-0.4, -0.2) is 14.8 Å². The second-order valence-electron chi connectivity index (χ2n) is 4.23. The van der Waals surface area contributed by atoms with E-state index in [1.165, 1.54) is 24.3 Å². The summed E-state index contributed by atoms with van der Waals surface area (Å²) in [5.74, 6) is -1.62. The van der Waals surface area contributed by atoms with Crippen molar-refractivity contribution in [1.82, 2.24) is 0 Å². The van der Waals surface area contributed by atoms with E-state index in [0.29, 0.717) is 0 Å². The Balaban J connectivity index is 2.38. The Kier molecular flexibility index (Phi) is 4.85. The van der Waals surface area contributed by atoms with Crippen molar-refractivity contribution in [3.63, 3.8) is 0 Å². The van der Waals surface area contributed by atoms with Crippen molar-refractivity contribution in [3.05, 3.63) is 52.8 Å². The topological polar surface area (TPSA) is 55.4 Å². The first-order valence-corrected chi connectivity index (χ1v) is 8.19. The van der Waals surface area contributed by atoms with E-state index >= 15 is 0 Å². The quantitative estimate of drug-likeness (QED) is 0.760. The van der Waals surface area contributed by atoms with Crippen LogP contribution in [0.1, 0.15) is 0 Å². The zero-order valence-corrected chi connectivity index (χ0v) is 13.5. The van der Waals surface area contributed by atoms with Crippen LogP contribution >= 0.6 is 15.9 Å². The van der Waals surface area contributed by atoms with E-state index in [1.54, 1.807) is 0 Å². The van der Waals surface area contributed by atoms with Gasteiger partial charge in [0.1, 0.15) is 16.5 Å². The molecule has 0 aliphatic heterocycles. The Morgan fingerprint density at radius 2 is 1.74 bits per heavy atom. The molecule has 1 N–H and O–H groups in total. The number of alkyl halides is 3. The number of hydrogen-bond acceptors (Lipinski definition) is 3. The van der Waals surface area contributed by atoms with Crippen LogP contribution in [0.5, 0.6) is 5.75 Å². The number of hydrogen-bond donors (Lipinski definition) is 1. The zero-order chi connectivity index (χ0) is 17.3. The Hall–Kier alpha value is -1.81. The Bertz CT molecular complexity index is 824. The van der Waals surface area contributed by atoms with E-state index in [9.17, 15) is 26.0 Å². The van der Waals surface area contributed by atoms with Gasteiger partial charge in [0.05, 0.1) is 10.2 Å². The van der Waals surface area contributed by atoms with Gasteiger partial charge < -0.3 is 4.74 Å². The highest BCUT2D eigenvalue weighted by atomic mass is 79.9. The predicted molar refractivity (Wildman–Crippen MR) is 78.0 cm³/mol. The normalized spacial score (nSPS) is 12.0. The lowest BCUT2D eigenvalue weighted by Gasteiger charge is -2.14. The largest absolute Gasteiger partial charge is 0.573 e. The summed E-state index contributed by atoms with van der Waals surface area (Å²) in [5, 5.41) is 0. The number of anilines is 1. The minimum absolute atomic E-state index is 0.112. The van der Waals surface area contributed by atoms with Crippen molar-refractivity contribution in [1.29, 1.82) is 0 Å². The molecule has 0 saturated carbocycles. The summed E-state index contributed by atoms with van der Waals surface area (Å²) in [6, 6.07) is 7.63. The van der Waals surface area contributed by atoms with E-state index in [1.807, 2.05) is 4.72 Å². The summed E-state index contributed by atoms with van der Waals surface area (Å²) < 4.78 is 80.7. The van der Waals surface area contributed by atoms with Gasteiger partial charge in [0.2, 0.25) is 0 Å². The molecule has 0 spiro atoms. The highest BCUT2D eigenvalue weighted by Crippen LogP contribution is 2.31. The number of sulfonamides is 1. The zero-order valence-electron chi connectivity index (χ0n) is 11.1. The number of halogens is 5. The maximum absolute atomic E-state index is 13.4. The molecule has 0 heterocycles. The predicted octanol–water partition coefficient (Wildman–Crippen LogP) is 4.29. The van der Waals surface area contributed by atoms with Crippen molar-refractivity contribution in [3.8, 4) is 5.75 Å². The summed E-state index contributed by atoms with van der Waals surface area (Å²) in [6.45, 7) is 0. The molecule has 0 aromatic heterocycles. The molecule has 0 bridgehead atoms. The lowest BCUT2D eigenvalue weighted by molar-refractivity contribution is -0.275. The standard InChI is InChI=1S/C13H8BrF4NO3S/c14-9-6-5-8(7-10(9)15)19-23(20,21)12-4-2-1-3-11(12)22-13(16,17)18/h1-7,19H. The molecule has 2 rings (SSSR count). The summed E-state index contributed by atoms with van der Waals surface area (Å²) in [5.41, 5.74) is -0.146. The van der Waals surface area contributed by atoms with Gasteiger partial charge >= 0.3 is 6.36 Å². The molecule has 4 nitrogen and oxygen atoms in total. The van der Waals surface area contributed by atoms with E-state index in [2.05, 4.69) is 20.7 Å². The fourth-order valence-corrected chi connectivity index (χ4v) is 3.08. The molecule has 23 heavy (non-hydrogen) atoms. The van der Waals surface area contributed by atoms with Gasteiger partial charge in [-0.2, -0.15) is 0 Å². The number of nitrogens with one attached hydrogen (secondary N) is 1. The van der Waals surface area contributed by atoms with Crippen LogP contribution in [-0.2, 0) is 10.0 Å². The summed E-state index contributed by atoms with van der Waals surface area (Å²) >= 11 is 2.90. The Labute approximate surface area is 137 Å². The molecule has 2 aromatic rings. The summed E-state index contributed by atoms with van der Waals surface area (Å²) in [4.78, 5) is -0.722. The van der Waals surface area contributed by atoms with Crippen LogP contribution in [0.25, 0.3) is 0 Å². The van der Waals surface area contributed by atoms with E-state index < -0.39 is 32.8 Å². The number of ether oxygens (including phenoxy) is 1. The molecule has 0 saturated heterocycles. The highest BCUT2D eigenvalue weighted by molar-refractivity contribution is 9.10. The maximum Gasteiger partial charge on any atom is 0.573 e. The second-order valence-corrected chi connectivity index (χ2v) is 6.73. The van der Waals surface area contributed by atoms with Gasteiger partial charge in [-0.15, -0.1) is 13.2 Å². The van der Waals surface area contributed by atoms with Crippen LogP contribution in [0.15, 0.2) is 51.8 Å². The molecule has 0 fully saturated rings. The van der Waals surface area contributed by atoms with Gasteiger partial charge in [-0.25, -0.2) is 12.8 Å². The van der Waals surface area contributed by atoms with Crippen LogP contribution in [0.3, 0.4) is 0 Å². The molecule has 0 radical (unpaired) electrons. The number of rotatable bonds is 4. The van der Waals surface area contributed by atoms with E-state index in [-0.39, 0.29) is 10.2 Å². The van der Waals surface area contributed by atoms with Gasteiger partial charge in [-0.05, 0) is 46.3 Å². The lowest BCUT2D eigenvalue weighted by Crippen LogP contribution is -2.20. The minimum Gasteiger partial charge on any atom is -0.404 e. The van der Waals surface area contributed by atoms with Crippen LogP contribution in [0.4, 0.5) is 23.2 Å². The first-order chi connectivity index (χ1) is 10.6. The average molecular weight is 414 g/mol. The molecule has 0 aliphatic rings. The van der Waals surface area contributed by atoms with Crippen LogP contribution < -0.4 is 9.46 Å². The number of para-hydroxylation sites is 1. The smallest absolute Gasteiger partial charge is 0.404 e. The molecule has 0 atom stereocenters. The van der Waals surface area contributed by atoms with Crippen molar-refractivity contribution in [2.24, 2.45) is 0 Å². The van der Waals surface area contributed by atoms with E-state index in [0.717, 1.165) is 18.2 Å². The maximum atomic E-state index is 13.4. The van der Waals surface area contributed by atoms with Gasteiger partial charge in [-0.1, -0.05) is 12.1 Å². The van der Waals surface area contributed by atoms with Crippen molar-refractivity contribution >= 4 is 31.6 Å². The van der Waals surface area contributed by atoms with Gasteiger partial charge in [0.25, 0.3) is 10.0 Å². The van der Waals surface area contributed by atoms with Gasteiger partial charge in [0.15, 0.2) is 0 Å². The van der Waals surface area contributed by atoms with Crippen LogP contribution in [0.2, 0.25) is 0 Å². The average Bonchev–Trinajstić information content (AvgIpc) is 2.41. The third-order valence-electron chi connectivity index (χ3n) is 2.54. The van der Waals surface area contributed by atoms with E-state index in [4.69, 9.17) is 0 Å². The third kappa shape index (κ3) is 4.58. The summed E-state index contributed by atoms with van der Waals surface area (Å²) in [6.07, 6.45) is -5.05. The monoisotopic (exact) mass is 413 g/mol. The molecule has 10 heteroatoms. The highest BCUT2D eigenvalue weighted by Gasteiger charge is 2.34. The fraction of sp³-hybridized carbons (Fsp3) is 0.0769. The third-order valence-corrected chi connectivity index (χ3v) is 4.60.